The van der Waals surface area contributed by atoms with Gasteiger partial charge in [-0.05, 0) is 54.5 Å². The number of sulfonamides is 1. The third-order valence-electron chi connectivity index (χ3n) is 7.40. The maximum atomic E-state index is 13.1. The molecule has 0 radical (unpaired) electrons. The van der Waals surface area contributed by atoms with Crippen molar-refractivity contribution < 1.29 is 26.3 Å². The SMILES string of the molecule is O=S(=O)(N[C@H]1CCN(Cc2ccccc2)C[C@H]1COC1CC=C(c2ccc3[nH]ncc3c2)CC1)C(F)(F)F. The van der Waals surface area contributed by atoms with E-state index in [4.69, 9.17) is 4.74 Å². The first-order chi connectivity index (χ1) is 18.2. The van der Waals surface area contributed by atoms with Gasteiger partial charge in [0.05, 0.1) is 24.4 Å². The van der Waals surface area contributed by atoms with Gasteiger partial charge in [0.1, 0.15) is 0 Å². The van der Waals surface area contributed by atoms with Gasteiger partial charge in [-0.1, -0.05) is 42.5 Å². The van der Waals surface area contributed by atoms with E-state index in [-0.39, 0.29) is 19.1 Å². The van der Waals surface area contributed by atoms with Crippen LogP contribution >= 0.6 is 0 Å². The minimum absolute atomic E-state index is 0.0687. The van der Waals surface area contributed by atoms with Crippen molar-refractivity contribution in [2.75, 3.05) is 19.7 Å². The van der Waals surface area contributed by atoms with Crippen molar-refractivity contribution in [2.24, 2.45) is 5.92 Å². The zero-order chi connectivity index (χ0) is 26.8. The van der Waals surface area contributed by atoms with E-state index >= 15 is 0 Å². The van der Waals surface area contributed by atoms with Crippen molar-refractivity contribution in [1.29, 1.82) is 0 Å². The number of alkyl halides is 3. The van der Waals surface area contributed by atoms with Crippen LogP contribution < -0.4 is 4.72 Å². The predicted molar refractivity (Wildman–Crippen MR) is 139 cm³/mol. The van der Waals surface area contributed by atoms with Gasteiger partial charge in [-0.15, -0.1) is 0 Å². The van der Waals surface area contributed by atoms with Crippen molar-refractivity contribution in [3.63, 3.8) is 0 Å². The Kier molecular flexibility index (Phi) is 7.90. The number of aromatic nitrogens is 2. The lowest BCUT2D eigenvalue weighted by Crippen LogP contribution is -2.54. The van der Waals surface area contributed by atoms with Crippen molar-refractivity contribution >= 4 is 26.5 Å². The summed E-state index contributed by atoms with van der Waals surface area (Å²) < 4.78 is 71.2. The fourth-order valence-corrected chi connectivity index (χ4v) is 6.15. The molecule has 0 spiro atoms. The monoisotopic (exact) mass is 548 g/mol. The first kappa shape index (κ1) is 26.9. The Bertz CT molecular complexity index is 1370. The van der Waals surface area contributed by atoms with E-state index < -0.39 is 27.5 Å². The third-order valence-corrected chi connectivity index (χ3v) is 8.62. The number of rotatable bonds is 8. The average Bonchev–Trinajstić information content (AvgIpc) is 3.37. The normalized spacial score (nSPS) is 23.4. The van der Waals surface area contributed by atoms with Crippen LogP contribution in [-0.2, 0) is 21.3 Å². The highest BCUT2D eigenvalue weighted by Crippen LogP contribution is 2.31. The lowest BCUT2D eigenvalue weighted by Gasteiger charge is -2.39. The number of allylic oxidation sites excluding steroid dienone is 1. The Labute approximate surface area is 220 Å². The third kappa shape index (κ3) is 6.28. The minimum atomic E-state index is -5.44. The number of hydrogen-bond acceptors (Lipinski definition) is 5. The lowest BCUT2D eigenvalue weighted by atomic mass is 9.90. The molecule has 2 aliphatic rings. The molecule has 0 saturated carbocycles. The molecule has 3 aromatic rings. The molecule has 5 rings (SSSR count). The molecule has 0 amide bonds. The molecule has 2 heterocycles. The number of halogens is 3. The molecular formula is C27H31F3N4O3S. The van der Waals surface area contributed by atoms with E-state index in [0.29, 0.717) is 26.1 Å². The van der Waals surface area contributed by atoms with Gasteiger partial charge in [0, 0.05) is 37.0 Å². The highest BCUT2D eigenvalue weighted by atomic mass is 32.2. The molecule has 38 heavy (non-hydrogen) atoms. The molecule has 1 aliphatic heterocycles. The standard InChI is InChI=1S/C27H31F3N4O3S/c28-27(29,30)38(35,36)33-26-12-13-34(16-19-4-2-1-3-5-19)17-23(26)18-37-24-9-6-20(7-10-24)21-8-11-25-22(14-21)15-31-32-25/h1-6,8,11,14-15,23-24,26,33H,7,9-10,12-13,16-18H2,(H,31,32)/t23-,24?,26-/m0/s1. The first-order valence-corrected chi connectivity index (χ1v) is 14.3. The number of H-pyrrole nitrogens is 1. The predicted octanol–water partition coefficient (Wildman–Crippen LogP) is 4.85. The summed E-state index contributed by atoms with van der Waals surface area (Å²) in [5, 5.41) is 8.06. The second-order valence-electron chi connectivity index (χ2n) is 10.1. The second-order valence-corrected chi connectivity index (χ2v) is 11.8. The topological polar surface area (TPSA) is 87.3 Å². The van der Waals surface area contributed by atoms with Crippen molar-refractivity contribution in [2.45, 2.75) is 49.9 Å². The molecule has 3 atom stereocenters. The summed E-state index contributed by atoms with van der Waals surface area (Å²) in [6, 6.07) is 15.1. The van der Waals surface area contributed by atoms with Gasteiger partial charge in [-0.3, -0.25) is 10.00 Å². The number of nitrogens with one attached hydrogen (secondary N) is 2. The molecule has 1 aromatic heterocycles. The molecule has 1 unspecified atom stereocenters. The maximum absolute atomic E-state index is 13.1. The lowest BCUT2D eigenvalue weighted by molar-refractivity contribution is -0.0466. The van der Waals surface area contributed by atoms with Crippen molar-refractivity contribution in [3.8, 4) is 0 Å². The largest absolute Gasteiger partial charge is 0.511 e. The van der Waals surface area contributed by atoms with Gasteiger partial charge in [0.2, 0.25) is 0 Å². The smallest absolute Gasteiger partial charge is 0.377 e. The Hall–Kier alpha value is -2.73. The van der Waals surface area contributed by atoms with E-state index in [1.165, 1.54) is 5.57 Å². The Morgan fingerprint density at radius 1 is 1.13 bits per heavy atom. The Balaban J connectivity index is 1.23. The van der Waals surface area contributed by atoms with Crippen LogP contribution in [0.15, 0.2) is 60.8 Å². The number of likely N-dealkylation sites (tertiary alicyclic amines) is 1. The number of fused-ring (bicyclic) bond motifs is 1. The summed E-state index contributed by atoms with van der Waals surface area (Å²) in [6.45, 7) is 1.77. The number of piperidine rings is 1. The summed E-state index contributed by atoms with van der Waals surface area (Å²) in [4.78, 5) is 2.15. The van der Waals surface area contributed by atoms with Crippen LogP contribution in [0.3, 0.4) is 0 Å². The number of nitrogens with zero attached hydrogens (tertiary/aromatic N) is 2. The molecular weight excluding hydrogens is 517 g/mol. The molecule has 0 bridgehead atoms. The summed E-state index contributed by atoms with van der Waals surface area (Å²) in [7, 11) is -5.44. The maximum Gasteiger partial charge on any atom is 0.511 e. The summed E-state index contributed by atoms with van der Waals surface area (Å²) >= 11 is 0. The molecule has 1 fully saturated rings. The Morgan fingerprint density at radius 3 is 2.68 bits per heavy atom. The van der Waals surface area contributed by atoms with Gasteiger partial charge in [0.15, 0.2) is 0 Å². The molecule has 1 saturated heterocycles. The number of hydrogen-bond donors (Lipinski definition) is 2. The van der Waals surface area contributed by atoms with Crippen LogP contribution in [0.1, 0.15) is 36.8 Å². The minimum Gasteiger partial charge on any atom is -0.377 e. The summed E-state index contributed by atoms with van der Waals surface area (Å²) in [6.07, 6.45) is 6.46. The number of benzene rings is 2. The molecule has 1 aliphatic carbocycles. The zero-order valence-corrected chi connectivity index (χ0v) is 21.6. The first-order valence-electron chi connectivity index (χ1n) is 12.8. The van der Waals surface area contributed by atoms with Crippen LogP contribution in [0, 0.1) is 5.92 Å². The van der Waals surface area contributed by atoms with Crippen LogP contribution in [0.25, 0.3) is 16.5 Å². The number of ether oxygens (including phenoxy) is 1. The van der Waals surface area contributed by atoms with Crippen molar-refractivity contribution in [3.05, 3.63) is 71.9 Å². The fraction of sp³-hybridized carbons (Fsp3) is 0.444. The fourth-order valence-electron chi connectivity index (χ4n) is 5.31. The average molecular weight is 549 g/mol. The molecule has 7 nitrogen and oxygen atoms in total. The summed E-state index contributed by atoms with van der Waals surface area (Å²) in [5.41, 5.74) is -0.891. The van der Waals surface area contributed by atoms with Crippen LogP contribution in [-0.4, -0.2) is 60.9 Å². The molecule has 2 N–H and O–H groups in total. The van der Waals surface area contributed by atoms with Gasteiger partial charge in [0.25, 0.3) is 0 Å². The second kappa shape index (κ2) is 11.2. The Morgan fingerprint density at radius 2 is 1.95 bits per heavy atom. The zero-order valence-electron chi connectivity index (χ0n) is 20.8. The van der Waals surface area contributed by atoms with E-state index in [1.54, 1.807) is 6.20 Å². The van der Waals surface area contributed by atoms with E-state index in [1.807, 2.05) is 41.1 Å². The molecule has 204 valence electrons. The quantitative estimate of drug-likeness (QED) is 0.421. The van der Waals surface area contributed by atoms with Crippen LogP contribution in [0.2, 0.25) is 0 Å². The van der Waals surface area contributed by atoms with Crippen LogP contribution in [0.4, 0.5) is 13.2 Å². The van der Waals surface area contributed by atoms with Gasteiger partial charge >= 0.3 is 15.5 Å². The summed E-state index contributed by atoms with van der Waals surface area (Å²) in [5.74, 6) is -0.404. The van der Waals surface area contributed by atoms with E-state index in [9.17, 15) is 21.6 Å². The highest BCUT2D eigenvalue weighted by molar-refractivity contribution is 7.90. The van der Waals surface area contributed by atoms with E-state index in [2.05, 4.69) is 33.3 Å². The van der Waals surface area contributed by atoms with E-state index in [0.717, 1.165) is 34.9 Å². The van der Waals surface area contributed by atoms with Gasteiger partial charge < -0.3 is 4.74 Å². The van der Waals surface area contributed by atoms with Gasteiger partial charge in [-0.2, -0.15) is 18.3 Å². The molecule has 11 heteroatoms. The molecule has 2 aromatic carbocycles. The number of aromatic amines is 1. The van der Waals surface area contributed by atoms with Gasteiger partial charge in [-0.25, -0.2) is 13.1 Å². The highest BCUT2D eigenvalue weighted by Gasteiger charge is 2.48. The van der Waals surface area contributed by atoms with Crippen LogP contribution in [0.5, 0.6) is 0 Å². The van der Waals surface area contributed by atoms with Crippen molar-refractivity contribution in [1.82, 2.24) is 19.8 Å².